The van der Waals surface area contributed by atoms with Gasteiger partial charge in [0.25, 0.3) is 0 Å². The predicted octanol–water partition coefficient (Wildman–Crippen LogP) is 5.98. The largest absolute Gasteiger partial charge is 0.507 e. The lowest BCUT2D eigenvalue weighted by Gasteiger charge is -2.14. The molecule has 1 amide bonds. The summed E-state index contributed by atoms with van der Waals surface area (Å²) in [6.07, 6.45) is 0. The number of sulfone groups is 1. The van der Waals surface area contributed by atoms with Crippen LogP contribution in [0.4, 0.5) is 5.69 Å². The number of rotatable bonds is 6. The molecule has 2 N–H and O–H groups in total. The van der Waals surface area contributed by atoms with Crippen molar-refractivity contribution >= 4 is 61.4 Å². The number of aromatic hydroxyl groups is 1. The van der Waals surface area contributed by atoms with Gasteiger partial charge in [-0.2, -0.15) is 0 Å². The summed E-state index contributed by atoms with van der Waals surface area (Å²) >= 11 is 12.6. The number of carbonyl (C=O) groups is 2. The van der Waals surface area contributed by atoms with E-state index in [9.17, 15) is 23.1 Å². The van der Waals surface area contributed by atoms with Crippen LogP contribution >= 0.6 is 23.2 Å². The molecule has 0 aliphatic rings. The van der Waals surface area contributed by atoms with Gasteiger partial charge in [-0.3, -0.25) is 4.79 Å². The van der Waals surface area contributed by atoms with Gasteiger partial charge in [-0.25, -0.2) is 13.2 Å². The molecule has 4 aromatic rings. The fourth-order valence-electron chi connectivity index (χ4n) is 3.46. The molecule has 0 aromatic heterocycles. The topological polar surface area (TPSA) is 119 Å². The van der Waals surface area contributed by atoms with E-state index in [4.69, 9.17) is 27.9 Å². The Hall–Kier alpha value is -3.79. The maximum Gasteiger partial charge on any atom is 0.397 e. The highest BCUT2D eigenvalue weighted by Gasteiger charge is 2.24. The zero-order valence-corrected chi connectivity index (χ0v) is 21.5. The third-order valence-electron chi connectivity index (χ3n) is 5.19. The predicted molar refractivity (Wildman–Crippen MR) is 139 cm³/mol. The molecule has 0 atom stereocenters. The lowest BCUT2D eigenvalue weighted by molar-refractivity contribution is -0.152. The van der Waals surface area contributed by atoms with Crippen molar-refractivity contribution in [2.75, 3.05) is 11.9 Å². The first-order chi connectivity index (χ1) is 17.6. The van der Waals surface area contributed by atoms with Crippen LogP contribution in [-0.2, 0) is 24.2 Å². The summed E-state index contributed by atoms with van der Waals surface area (Å²) in [6, 6.07) is 18.2. The number of amides is 1. The molecule has 0 unspecified atom stereocenters. The third kappa shape index (κ3) is 5.64. The van der Waals surface area contributed by atoms with E-state index in [1.54, 1.807) is 25.1 Å². The molecule has 0 bridgehead atoms. The summed E-state index contributed by atoms with van der Waals surface area (Å²) in [5.41, 5.74) is 0.116. The maximum atomic E-state index is 13.3. The number of esters is 1. The van der Waals surface area contributed by atoms with Crippen molar-refractivity contribution in [1.29, 1.82) is 0 Å². The second-order valence-corrected chi connectivity index (χ2v) is 10.4. The molecule has 0 saturated heterocycles. The van der Waals surface area contributed by atoms with Crippen LogP contribution in [0.25, 0.3) is 10.8 Å². The summed E-state index contributed by atoms with van der Waals surface area (Å²) in [5, 5.41) is 14.2. The molecule has 4 aromatic carbocycles. The first kappa shape index (κ1) is 26.3. The number of benzene rings is 4. The van der Waals surface area contributed by atoms with Gasteiger partial charge in [0.15, 0.2) is 5.75 Å². The number of hydrogen-bond donors (Lipinski definition) is 2. The Bertz CT molecular complexity index is 1610. The van der Waals surface area contributed by atoms with E-state index in [1.165, 1.54) is 36.4 Å². The highest BCUT2D eigenvalue weighted by atomic mass is 35.5. The smallest absolute Gasteiger partial charge is 0.397 e. The van der Waals surface area contributed by atoms with Crippen molar-refractivity contribution in [2.24, 2.45) is 0 Å². The van der Waals surface area contributed by atoms with Gasteiger partial charge < -0.3 is 19.9 Å². The Morgan fingerprint density at radius 1 is 0.919 bits per heavy atom. The normalized spacial score (nSPS) is 11.2. The fraction of sp³-hybridized carbons (Fsp3) is 0.0769. The molecule has 0 aliphatic heterocycles. The average molecular weight is 560 g/mol. The number of fused-ring (bicyclic) bond motifs is 1. The first-order valence-corrected chi connectivity index (χ1v) is 13.1. The van der Waals surface area contributed by atoms with Crippen molar-refractivity contribution in [3.8, 4) is 17.2 Å². The Balaban J connectivity index is 1.63. The molecule has 37 heavy (non-hydrogen) atoms. The third-order valence-corrected chi connectivity index (χ3v) is 7.53. The monoisotopic (exact) mass is 559 g/mol. The molecule has 0 fully saturated rings. The molecule has 4 rings (SSSR count). The SMILES string of the molecule is CCOC(=O)C(=O)Nc1cc(Cl)c(Oc2ccc(O)c(S(=O)(=O)c3ccc4ccccc4c3)c2)c(Cl)c1. The number of nitrogens with one attached hydrogen (secondary N) is 1. The lowest BCUT2D eigenvalue weighted by Crippen LogP contribution is -2.24. The van der Waals surface area contributed by atoms with Gasteiger partial charge in [-0.15, -0.1) is 0 Å². The molecule has 11 heteroatoms. The van der Waals surface area contributed by atoms with Gasteiger partial charge >= 0.3 is 11.9 Å². The van der Waals surface area contributed by atoms with E-state index in [0.717, 1.165) is 16.8 Å². The summed E-state index contributed by atoms with van der Waals surface area (Å²) in [7, 11) is -4.12. The Morgan fingerprint density at radius 2 is 1.59 bits per heavy atom. The van der Waals surface area contributed by atoms with Crippen LogP contribution in [0.5, 0.6) is 17.2 Å². The number of phenols is 1. The Kier molecular flexibility index (Phi) is 7.58. The van der Waals surface area contributed by atoms with Crippen molar-refractivity contribution in [3.63, 3.8) is 0 Å². The number of hydrogen-bond acceptors (Lipinski definition) is 7. The number of halogens is 2. The van der Waals surface area contributed by atoms with Gasteiger partial charge in [-0.05, 0) is 54.1 Å². The number of ether oxygens (including phenoxy) is 2. The van der Waals surface area contributed by atoms with Crippen molar-refractivity contribution in [2.45, 2.75) is 16.7 Å². The van der Waals surface area contributed by atoms with Crippen LogP contribution in [-0.4, -0.2) is 32.0 Å². The van der Waals surface area contributed by atoms with E-state index < -0.39 is 27.5 Å². The van der Waals surface area contributed by atoms with Gasteiger partial charge in [0.1, 0.15) is 16.4 Å². The molecule has 8 nitrogen and oxygen atoms in total. The highest BCUT2D eigenvalue weighted by molar-refractivity contribution is 7.91. The van der Waals surface area contributed by atoms with Gasteiger partial charge in [0.2, 0.25) is 9.84 Å². The van der Waals surface area contributed by atoms with Crippen molar-refractivity contribution < 1.29 is 32.6 Å². The van der Waals surface area contributed by atoms with Crippen molar-refractivity contribution in [1.82, 2.24) is 0 Å². The van der Waals surface area contributed by atoms with Gasteiger partial charge in [0, 0.05) is 11.8 Å². The average Bonchev–Trinajstić information content (AvgIpc) is 2.86. The maximum absolute atomic E-state index is 13.3. The summed E-state index contributed by atoms with van der Waals surface area (Å²) in [6.45, 7) is 1.60. The molecule has 0 radical (unpaired) electrons. The Labute approximate surface area is 222 Å². The van der Waals surface area contributed by atoms with E-state index in [1.807, 2.05) is 12.1 Å². The minimum absolute atomic E-state index is 0.00332. The standard InChI is InChI=1S/C26H19Cl2NO7S/c1-2-35-26(32)25(31)29-17-12-20(27)24(21(28)13-17)36-18-8-10-22(30)23(14-18)37(33,34)19-9-7-15-5-3-4-6-16(15)11-19/h3-14,30H,2H2,1H3,(H,29,31). The molecule has 0 heterocycles. The first-order valence-electron chi connectivity index (χ1n) is 10.8. The second-order valence-electron chi connectivity index (χ2n) is 7.69. The van der Waals surface area contributed by atoms with Crippen molar-refractivity contribution in [3.05, 3.63) is 82.8 Å². The highest BCUT2D eigenvalue weighted by Crippen LogP contribution is 2.41. The van der Waals surface area contributed by atoms with E-state index in [-0.39, 0.29) is 43.6 Å². The van der Waals surface area contributed by atoms with Gasteiger partial charge in [-0.1, -0.05) is 53.5 Å². The number of carbonyl (C=O) groups excluding carboxylic acids is 2. The second kappa shape index (κ2) is 10.7. The minimum Gasteiger partial charge on any atom is -0.507 e. The molecule has 0 saturated carbocycles. The summed E-state index contributed by atoms with van der Waals surface area (Å²) in [4.78, 5) is 23.0. The van der Waals surface area contributed by atoms with E-state index >= 15 is 0 Å². The number of anilines is 1. The van der Waals surface area contributed by atoms with Crippen LogP contribution in [0, 0.1) is 0 Å². The van der Waals surface area contributed by atoms with E-state index in [0.29, 0.717) is 0 Å². The van der Waals surface area contributed by atoms with Crippen LogP contribution in [0.1, 0.15) is 6.92 Å². The van der Waals surface area contributed by atoms with Crippen LogP contribution < -0.4 is 10.1 Å². The van der Waals surface area contributed by atoms with Gasteiger partial charge in [0.05, 0.1) is 21.5 Å². The molecular weight excluding hydrogens is 541 g/mol. The molecule has 190 valence electrons. The molecule has 0 spiro atoms. The fourth-order valence-corrected chi connectivity index (χ4v) is 5.42. The quantitative estimate of drug-likeness (QED) is 0.220. The minimum atomic E-state index is -4.12. The number of phenolic OH excluding ortho intramolecular Hbond substituents is 1. The molecule has 0 aliphatic carbocycles. The van der Waals surface area contributed by atoms with Crippen LogP contribution in [0.15, 0.2) is 82.6 Å². The molecular formula is C26H19Cl2NO7S. The van der Waals surface area contributed by atoms with Crippen LogP contribution in [0.3, 0.4) is 0 Å². The Morgan fingerprint density at radius 3 is 2.27 bits per heavy atom. The van der Waals surface area contributed by atoms with Crippen LogP contribution in [0.2, 0.25) is 10.0 Å². The lowest BCUT2D eigenvalue weighted by atomic mass is 10.1. The zero-order chi connectivity index (χ0) is 26.7. The van der Waals surface area contributed by atoms with E-state index in [2.05, 4.69) is 10.1 Å². The summed E-state index contributed by atoms with van der Waals surface area (Å²) < 4.78 is 37.0. The zero-order valence-electron chi connectivity index (χ0n) is 19.2. The summed E-state index contributed by atoms with van der Waals surface area (Å²) in [5.74, 6) is -2.54.